The third-order valence-corrected chi connectivity index (χ3v) is 2.35. The third kappa shape index (κ3) is 2.19. The normalized spacial score (nSPS) is 13.2. The molecule has 68 valence electrons. The van der Waals surface area contributed by atoms with Gasteiger partial charge in [-0.05, 0) is 13.0 Å². The molecular weight excluding hydrogens is 174 g/mol. The molecule has 0 amide bonds. The molecule has 3 nitrogen and oxygen atoms in total. The highest BCUT2D eigenvalue weighted by atomic mass is 32.2. The smallest absolute Gasteiger partial charge is 0.118 e. The molecule has 1 rings (SSSR count). The maximum absolute atomic E-state index is 10.9. The summed E-state index contributed by atoms with van der Waals surface area (Å²) in [6.07, 6.45) is 1.68. The van der Waals surface area contributed by atoms with Crippen molar-refractivity contribution in [2.24, 2.45) is 5.73 Å². The van der Waals surface area contributed by atoms with Crippen molar-refractivity contribution in [2.45, 2.75) is 19.2 Å². The lowest BCUT2D eigenvalue weighted by molar-refractivity contribution is 0.483. The van der Waals surface area contributed by atoms with E-state index in [0.717, 1.165) is 17.1 Å². The monoisotopic (exact) mass is 187 g/mol. The Balaban J connectivity index is 2.84. The minimum absolute atomic E-state index is 0.400. The first kappa shape index (κ1) is 9.48. The van der Waals surface area contributed by atoms with Gasteiger partial charge in [0.1, 0.15) is 11.5 Å². The number of nitrogens with two attached hydrogens (primary N) is 1. The fraction of sp³-hybridized carbons (Fsp3) is 0.500. The number of hydrogen-bond acceptors (Lipinski definition) is 3. The van der Waals surface area contributed by atoms with E-state index in [9.17, 15) is 4.21 Å². The predicted octanol–water partition coefficient (Wildman–Crippen LogP) is 0.925. The van der Waals surface area contributed by atoms with Crippen LogP contribution in [0.5, 0.6) is 0 Å². The maximum Gasteiger partial charge on any atom is 0.118 e. The zero-order valence-electron chi connectivity index (χ0n) is 7.29. The molecule has 0 saturated heterocycles. The van der Waals surface area contributed by atoms with Gasteiger partial charge in [-0.2, -0.15) is 0 Å². The Kier molecular flexibility index (Phi) is 3.05. The van der Waals surface area contributed by atoms with Crippen LogP contribution in [0.2, 0.25) is 0 Å². The van der Waals surface area contributed by atoms with Gasteiger partial charge < -0.3 is 10.2 Å². The minimum atomic E-state index is -0.816. The summed E-state index contributed by atoms with van der Waals surface area (Å²) in [5, 5.41) is 0. The van der Waals surface area contributed by atoms with Crippen LogP contribution in [0.3, 0.4) is 0 Å². The van der Waals surface area contributed by atoms with Crippen LogP contribution in [0.4, 0.5) is 0 Å². The molecule has 0 spiro atoms. The van der Waals surface area contributed by atoms with Crippen molar-refractivity contribution in [3.63, 3.8) is 0 Å². The lowest BCUT2D eigenvalue weighted by atomic mass is 10.3. The second-order valence-corrected chi connectivity index (χ2v) is 4.15. The average Bonchev–Trinajstić information content (AvgIpc) is 2.31. The summed E-state index contributed by atoms with van der Waals surface area (Å²) in [5.74, 6) is 2.13. The molecule has 0 aliphatic carbocycles. The van der Waals surface area contributed by atoms with Gasteiger partial charge in [0.05, 0.1) is 12.3 Å². The number of furan rings is 1. The summed E-state index contributed by atoms with van der Waals surface area (Å²) in [7, 11) is -0.816. The summed E-state index contributed by atoms with van der Waals surface area (Å²) < 4.78 is 16.2. The first-order valence-corrected chi connectivity index (χ1v) is 5.44. The summed E-state index contributed by atoms with van der Waals surface area (Å²) in [5.41, 5.74) is 6.39. The molecule has 0 saturated carbocycles. The van der Waals surface area contributed by atoms with E-state index in [1.54, 1.807) is 6.26 Å². The Bertz CT molecular complexity index is 293. The molecule has 0 aliphatic heterocycles. The van der Waals surface area contributed by atoms with E-state index in [4.69, 9.17) is 10.2 Å². The zero-order valence-corrected chi connectivity index (χ0v) is 8.11. The fourth-order valence-electron chi connectivity index (χ4n) is 1.05. The largest absolute Gasteiger partial charge is 0.465 e. The number of aryl methyl sites for hydroxylation is 1. The molecule has 4 heteroatoms. The van der Waals surface area contributed by atoms with Crippen molar-refractivity contribution in [1.82, 2.24) is 0 Å². The van der Waals surface area contributed by atoms with Crippen LogP contribution in [0.25, 0.3) is 0 Å². The van der Waals surface area contributed by atoms with E-state index in [0.29, 0.717) is 12.3 Å². The molecule has 0 fully saturated rings. The van der Waals surface area contributed by atoms with E-state index in [2.05, 4.69) is 0 Å². The summed E-state index contributed by atoms with van der Waals surface area (Å²) in [6, 6.07) is 1.87. The number of hydrogen-bond donors (Lipinski definition) is 1. The molecule has 1 heterocycles. The summed E-state index contributed by atoms with van der Waals surface area (Å²) >= 11 is 0. The molecule has 0 aromatic carbocycles. The van der Waals surface area contributed by atoms with Crippen LogP contribution in [0, 0.1) is 6.92 Å². The fourth-order valence-corrected chi connectivity index (χ4v) is 1.78. The highest BCUT2D eigenvalue weighted by Crippen LogP contribution is 2.15. The first-order chi connectivity index (χ1) is 5.63. The van der Waals surface area contributed by atoms with Crippen molar-refractivity contribution in [3.8, 4) is 0 Å². The molecule has 2 N–H and O–H groups in total. The molecule has 0 aliphatic rings. The highest BCUT2D eigenvalue weighted by Gasteiger charge is 2.06. The van der Waals surface area contributed by atoms with Gasteiger partial charge in [-0.15, -0.1) is 0 Å². The molecule has 1 aromatic rings. The Morgan fingerprint density at radius 2 is 2.33 bits per heavy atom. The second-order valence-electron chi connectivity index (χ2n) is 2.72. The van der Waals surface area contributed by atoms with Gasteiger partial charge in [0, 0.05) is 22.6 Å². The van der Waals surface area contributed by atoms with Crippen LogP contribution in [-0.2, 0) is 23.1 Å². The molecule has 1 atom stereocenters. The Labute approximate surface area is 74.4 Å². The Morgan fingerprint density at radius 3 is 2.75 bits per heavy atom. The quantitative estimate of drug-likeness (QED) is 0.765. The van der Waals surface area contributed by atoms with Gasteiger partial charge in [-0.3, -0.25) is 4.21 Å². The van der Waals surface area contributed by atoms with Gasteiger partial charge in [-0.1, -0.05) is 0 Å². The first-order valence-electron chi connectivity index (χ1n) is 3.71. The topological polar surface area (TPSA) is 56.2 Å². The Hall–Kier alpha value is -0.610. The van der Waals surface area contributed by atoms with E-state index < -0.39 is 10.8 Å². The molecule has 0 bridgehead atoms. The Morgan fingerprint density at radius 1 is 1.67 bits per heavy atom. The average molecular weight is 187 g/mol. The van der Waals surface area contributed by atoms with Crippen LogP contribution >= 0.6 is 0 Å². The van der Waals surface area contributed by atoms with Crippen molar-refractivity contribution < 1.29 is 8.63 Å². The maximum atomic E-state index is 10.9. The minimum Gasteiger partial charge on any atom is -0.465 e. The lowest BCUT2D eigenvalue weighted by Crippen LogP contribution is -1.93. The van der Waals surface area contributed by atoms with Gasteiger partial charge >= 0.3 is 0 Å². The highest BCUT2D eigenvalue weighted by molar-refractivity contribution is 7.83. The van der Waals surface area contributed by atoms with Crippen LogP contribution < -0.4 is 5.73 Å². The standard InChI is InChI=1S/C8H13NO2S/c1-6-7(5-12(2)10)3-8(4-9)11-6/h3H,4-5,9H2,1-2H3. The van der Waals surface area contributed by atoms with Gasteiger partial charge in [0.15, 0.2) is 0 Å². The van der Waals surface area contributed by atoms with Crippen molar-refractivity contribution in [2.75, 3.05) is 6.26 Å². The zero-order chi connectivity index (χ0) is 9.14. The van der Waals surface area contributed by atoms with Crippen LogP contribution in [0.15, 0.2) is 10.5 Å². The molecule has 1 aromatic heterocycles. The van der Waals surface area contributed by atoms with Crippen LogP contribution in [0.1, 0.15) is 17.1 Å². The molecule has 12 heavy (non-hydrogen) atoms. The number of rotatable bonds is 3. The van der Waals surface area contributed by atoms with Crippen molar-refractivity contribution in [1.29, 1.82) is 0 Å². The van der Waals surface area contributed by atoms with E-state index in [1.165, 1.54) is 0 Å². The van der Waals surface area contributed by atoms with E-state index >= 15 is 0 Å². The van der Waals surface area contributed by atoms with E-state index in [-0.39, 0.29) is 0 Å². The summed E-state index contributed by atoms with van der Waals surface area (Å²) in [6.45, 7) is 2.26. The molecule has 1 unspecified atom stereocenters. The van der Waals surface area contributed by atoms with Crippen molar-refractivity contribution >= 4 is 10.8 Å². The molecule has 0 radical (unpaired) electrons. The lowest BCUT2D eigenvalue weighted by Gasteiger charge is -1.92. The predicted molar refractivity (Wildman–Crippen MR) is 49.1 cm³/mol. The van der Waals surface area contributed by atoms with E-state index in [1.807, 2.05) is 13.0 Å². The third-order valence-electron chi connectivity index (χ3n) is 1.63. The second kappa shape index (κ2) is 3.87. The van der Waals surface area contributed by atoms with Crippen molar-refractivity contribution in [3.05, 3.63) is 23.2 Å². The molecular formula is C8H13NO2S. The van der Waals surface area contributed by atoms with Gasteiger partial charge in [0.25, 0.3) is 0 Å². The summed E-state index contributed by atoms with van der Waals surface area (Å²) in [4.78, 5) is 0. The van der Waals surface area contributed by atoms with Gasteiger partial charge in [-0.25, -0.2) is 0 Å². The SMILES string of the molecule is Cc1oc(CN)cc1CS(C)=O. The van der Waals surface area contributed by atoms with Gasteiger partial charge in [0.2, 0.25) is 0 Å². The van der Waals surface area contributed by atoms with Crippen LogP contribution in [-0.4, -0.2) is 10.5 Å².